The van der Waals surface area contributed by atoms with E-state index in [4.69, 9.17) is 10.5 Å². The molecule has 0 bridgehead atoms. The van der Waals surface area contributed by atoms with E-state index in [0.29, 0.717) is 0 Å². The minimum Gasteiger partial charge on any atom is -0.385 e. The first kappa shape index (κ1) is 14.9. The second-order valence-corrected chi connectivity index (χ2v) is 5.14. The Labute approximate surface area is 106 Å². The van der Waals surface area contributed by atoms with Crippen LogP contribution in [0.4, 0.5) is 0 Å². The fourth-order valence-electron chi connectivity index (χ4n) is 2.34. The van der Waals surface area contributed by atoms with Gasteiger partial charge in [-0.05, 0) is 19.8 Å². The largest absolute Gasteiger partial charge is 0.385 e. The number of piperazine rings is 1. The Hall–Kier alpha value is -0.160. The summed E-state index contributed by atoms with van der Waals surface area (Å²) in [5.41, 5.74) is 6.08. The van der Waals surface area contributed by atoms with Gasteiger partial charge >= 0.3 is 0 Å². The van der Waals surface area contributed by atoms with Crippen molar-refractivity contribution in [2.75, 3.05) is 46.4 Å². The molecule has 1 aliphatic heterocycles. The fourth-order valence-corrected chi connectivity index (χ4v) is 2.34. The highest BCUT2D eigenvalue weighted by Gasteiger charge is 2.20. The van der Waals surface area contributed by atoms with Crippen LogP contribution in [0.25, 0.3) is 0 Å². The molecule has 0 radical (unpaired) electrons. The minimum absolute atomic E-state index is 0.255. The smallest absolute Gasteiger partial charge is 0.0477 e. The zero-order valence-electron chi connectivity index (χ0n) is 11.7. The molecule has 4 heteroatoms. The average Bonchev–Trinajstić information content (AvgIpc) is 2.36. The Balaban J connectivity index is 2.18. The summed E-state index contributed by atoms with van der Waals surface area (Å²) >= 11 is 0. The fraction of sp³-hybridized carbons (Fsp3) is 1.00. The number of methoxy groups -OCH3 is 1. The molecule has 0 spiro atoms. The van der Waals surface area contributed by atoms with Gasteiger partial charge in [-0.2, -0.15) is 0 Å². The Morgan fingerprint density at radius 1 is 1.24 bits per heavy atom. The molecule has 2 N–H and O–H groups in total. The lowest BCUT2D eigenvalue weighted by Gasteiger charge is -2.38. The Bertz CT molecular complexity index is 193. The number of hydrogen-bond acceptors (Lipinski definition) is 4. The van der Waals surface area contributed by atoms with E-state index in [0.717, 1.165) is 38.7 Å². The maximum atomic E-state index is 6.08. The van der Waals surface area contributed by atoms with Crippen LogP contribution in [-0.2, 0) is 4.74 Å². The lowest BCUT2D eigenvalue weighted by molar-refractivity contribution is 0.0929. The Morgan fingerprint density at radius 3 is 2.41 bits per heavy atom. The van der Waals surface area contributed by atoms with Crippen molar-refractivity contribution in [3.05, 3.63) is 0 Å². The summed E-state index contributed by atoms with van der Waals surface area (Å²) in [6, 6.07) is 0.976. The highest BCUT2D eigenvalue weighted by Crippen LogP contribution is 2.09. The predicted molar refractivity (Wildman–Crippen MR) is 72.2 cm³/mol. The van der Waals surface area contributed by atoms with E-state index in [1.807, 2.05) is 0 Å². The van der Waals surface area contributed by atoms with Gasteiger partial charge in [-0.15, -0.1) is 0 Å². The van der Waals surface area contributed by atoms with Crippen LogP contribution in [0.1, 0.15) is 26.7 Å². The van der Waals surface area contributed by atoms with Gasteiger partial charge in [-0.25, -0.2) is 0 Å². The van der Waals surface area contributed by atoms with E-state index < -0.39 is 0 Å². The summed E-state index contributed by atoms with van der Waals surface area (Å²) in [5.74, 6) is 0. The Morgan fingerprint density at radius 2 is 1.88 bits per heavy atom. The molecule has 102 valence electrons. The molecule has 0 saturated carbocycles. The van der Waals surface area contributed by atoms with Gasteiger partial charge in [0.1, 0.15) is 0 Å². The van der Waals surface area contributed by atoms with Gasteiger partial charge in [-0.3, -0.25) is 9.80 Å². The molecule has 1 saturated heterocycles. The van der Waals surface area contributed by atoms with E-state index in [2.05, 4.69) is 23.6 Å². The van der Waals surface area contributed by atoms with Crippen molar-refractivity contribution in [1.82, 2.24) is 9.80 Å². The van der Waals surface area contributed by atoms with Crippen molar-refractivity contribution in [3.63, 3.8) is 0 Å². The first-order valence-corrected chi connectivity index (χ1v) is 6.88. The van der Waals surface area contributed by atoms with E-state index in [1.165, 1.54) is 19.5 Å². The molecular formula is C13H29N3O. The van der Waals surface area contributed by atoms with Gasteiger partial charge in [0.05, 0.1) is 0 Å². The van der Waals surface area contributed by atoms with Gasteiger partial charge in [0.15, 0.2) is 0 Å². The summed E-state index contributed by atoms with van der Waals surface area (Å²) in [7, 11) is 1.73. The maximum Gasteiger partial charge on any atom is 0.0477 e. The van der Waals surface area contributed by atoms with E-state index in [1.54, 1.807) is 7.11 Å². The third kappa shape index (κ3) is 5.34. The normalized spacial score (nSPS) is 22.6. The minimum atomic E-state index is 0.255. The van der Waals surface area contributed by atoms with Crippen molar-refractivity contribution in [3.8, 4) is 0 Å². The van der Waals surface area contributed by atoms with Crippen LogP contribution in [0, 0.1) is 0 Å². The van der Waals surface area contributed by atoms with Crippen molar-refractivity contribution in [2.24, 2.45) is 5.73 Å². The van der Waals surface area contributed by atoms with Crippen molar-refractivity contribution >= 4 is 0 Å². The molecule has 1 fully saturated rings. The molecule has 0 aliphatic carbocycles. The van der Waals surface area contributed by atoms with Gasteiger partial charge in [-0.1, -0.05) is 6.92 Å². The lowest BCUT2D eigenvalue weighted by atomic mass is 10.1. The quantitative estimate of drug-likeness (QED) is 0.717. The predicted octanol–water partition coefficient (Wildman–Crippen LogP) is 0.766. The second kappa shape index (κ2) is 8.03. The molecule has 1 rings (SSSR count). The number of rotatable bonds is 7. The molecule has 0 aromatic carbocycles. The molecule has 1 heterocycles. The number of nitrogens with two attached hydrogens (primary N) is 1. The van der Waals surface area contributed by atoms with E-state index in [-0.39, 0.29) is 6.04 Å². The molecule has 2 unspecified atom stereocenters. The van der Waals surface area contributed by atoms with Gasteiger partial charge < -0.3 is 10.5 Å². The maximum absolute atomic E-state index is 6.08. The second-order valence-electron chi connectivity index (χ2n) is 5.14. The summed E-state index contributed by atoms with van der Waals surface area (Å²) in [6.07, 6.45) is 2.20. The number of ether oxygens (including phenoxy) is 1. The van der Waals surface area contributed by atoms with Crippen LogP contribution in [0.3, 0.4) is 0 Å². The lowest BCUT2D eigenvalue weighted by Crippen LogP contribution is -2.52. The zero-order chi connectivity index (χ0) is 12.7. The topological polar surface area (TPSA) is 41.7 Å². The summed E-state index contributed by atoms with van der Waals surface area (Å²) in [5, 5.41) is 0. The van der Waals surface area contributed by atoms with Crippen LogP contribution in [0.15, 0.2) is 0 Å². The van der Waals surface area contributed by atoms with Crippen LogP contribution in [-0.4, -0.2) is 68.3 Å². The molecule has 1 aliphatic rings. The first-order valence-electron chi connectivity index (χ1n) is 6.88. The Kier molecular flexibility index (Phi) is 7.04. The molecular weight excluding hydrogens is 214 g/mol. The third-order valence-electron chi connectivity index (χ3n) is 3.81. The van der Waals surface area contributed by atoms with Gasteiger partial charge in [0, 0.05) is 58.5 Å². The van der Waals surface area contributed by atoms with Crippen molar-refractivity contribution in [1.29, 1.82) is 0 Å². The number of hydrogen-bond donors (Lipinski definition) is 1. The van der Waals surface area contributed by atoms with Crippen LogP contribution < -0.4 is 5.73 Å². The monoisotopic (exact) mass is 243 g/mol. The number of nitrogens with zero attached hydrogens (tertiary/aromatic N) is 2. The van der Waals surface area contributed by atoms with Gasteiger partial charge in [0.2, 0.25) is 0 Å². The standard InChI is InChI=1S/C13H29N3O/c1-4-12(2)16-8-6-15(7-9-16)11-13(14)5-10-17-3/h12-13H,4-11,14H2,1-3H3. The molecule has 0 aromatic heterocycles. The summed E-state index contributed by atoms with van der Waals surface area (Å²) in [6.45, 7) is 11.1. The van der Waals surface area contributed by atoms with Crippen LogP contribution in [0.5, 0.6) is 0 Å². The van der Waals surface area contributed by atoms with Gasteiger partial charge in [0.25, 0.3) is 0 Å². The zero-order valence-corrected chi connectivity index (χ0v) is 11.7. The summed E-state index contributed by atoms with van der Waals surface area (Å²) < 4.78 is 5.06. The van der Waals surface area contributed by atoms with Crippen LogP contribution >= 0.6 is 0 Å². The SMILES string of the molecule is CCC(C)N1CCN(CC(N)CCOC)CC1. The third-order valence-corrected chi connectivity index (χ3v) is 3.81. The highest BCUT2D eigenvalue weighted by molar-refractivity contribution is 4.78. The van der Waals surface area contributed by atoms with Crippen molar-refractivity contribution in [2.45, 2.75) is 38.8 Å². The summed E-state index contributed by atoms with van der Waals surface area (Å²) in [4.78, 5) is 5.07. The van der Waals surface area contributed by atoms with Crippen molar-refractivity contribution < 1.29 is 4.74 Å². The van der Waals surface area contributed by atoms with E-state index in [9.17, 15) is 0 Å². The first-order chi connectivity index (χ1) is 8.17. The van der Waals surface area contributed by atoms with E-state index >= 15 is 0 Å². The van der Waals surface area contributed by atoms with Crippen LogP contribution in [0.2, 0.25) is 0 Å². The molecule has 4 nitrogen and oxygen atoms in total. The molecule has 2 atom stereocenters. The average molecular weight is 243 g/mol. The molecule has 0 aromatic rings. The molecule has 17 heavy (non-hydrogen) atoms. The molecule has 0 amide bonds. The highest BCUT2D eigenvalue weighted by atomic mass is 16.5.